The van der Waals surface area contributed by atoms with Crippen LogP contribution >= 0.6 is 11.3 Å². The van der Waals surface area contributed by atoms with Crippen LogP contribution < -0.4 is 5.32 Å². The van der Waals surface area contributed by atoms with E-state index in [-0.39, 0.29) is 0 Å². The molecule has 0 amide bonds. The lowest BCUT2D eigenvalue weighted by atomic mass is 10.1. The number of hydrogen-bond acceptors (Lipinski definition) is 2. The van der Waals surface area contributed by atoms with Crippen LogP contribution in [-0.4, -0.2) is 7.05 Å². The summed E-state index contributed by atoms with van der Waals surface area (Å²) in [5.74, 6) is 0. The lowest BCUT2D eigenvalue weighted by Crippen LogP contribution is -2.10. The summed E-state index contributed by atoms with van der Waals surface area (Å²) in [6.45, 7) is 4.33. The Morgan fingerprint density at radius 2 is 2.07 bits per heavy atom. The van der Waals surface area contributed by atoms with Crippen molar-refractivity contribution in [2.75, 3.05) is 7.05 Å². The average molecular weight is 205 g/mol. The van der Waals surface area contributed by atoms with Gasteiger partial charge in [0.15, 0.2) is 0 Å². The first-order valence-corrected chi connectivity index (χ1v) is 5.69. The highest BCUT2D eigenvalue weighted by Crippen LogP contribution is 2.30. The molecule has 0 spiro atoms. The SMILES string of the molecule is CN[C@H](C)c1cc2cc(C)ccc2s1. The van der Waals surface area contributed by atoms with Crippen molar-refractivity contribution in [1.82, 2.24) is 5.32 Å². The van der Waals surface area contributed by atoms with Gasteiger partial charge in [0.05, 0.1) is 0 Å². The molecule has 74 valence electrons. The summed E-state index contributed by atoms with van der Waals surface area (Å²) < 4.78 is 1.38. The lowest BCUT2D eigenvalue weighted by Gasteiger charge is -2.05. The van der Waals surface area contributed by atoms with E-state index in [0.717, 1.165) is 0 Å². The molecule has 0 aliphatic heterocycles. The Bertz CT molecular complexity index is 445. The zero-order valence-corrected chi connectivity index (χ0v) is 9.61. The summed E-state index contributed by atoms with van der Waals surface area (Å²) in [6, 6.07) is 9.37. The van der Waals surface area contributed by atoms with Crippen LogP contribution in [0.2, 0.25) is 0 Å². The predicted molar refractivity (Wildman–Crippen MR) is 64.0 cm³/mol. The molecule has 0 radical (unpaired) electrons. The molecular formula is C12H15NS. The molecule has 1 heterocycles. The Hall–Kier alpha value is -0.860. The quantitative estimate of drug-likeness (QED) is 0.791. The predicted octanol–water partition coefficient (Wildman–Crippen LogP) is 3.49. The largest absolute Gasteiger partial charge is 0.313 e. The average Bonchev–Trinajstić information content (AvgIpc) is 2.59. The van der Waals surface area contributed by atoms with Gasteiger partial charge in [0, 0.05) is 15.6 Å². The smallest absolute Gasteiger partial charge is 0.0384 e. The highest BCUT2D eigenvalue weighted by atomic mass is 32.1. The van der Waals surface area contributed by atoms with Gasteiger partial charge in [0.1, 0.15) is 0 Å². The number of rotatable bonds is 2. The molecular weight excluding hydrogens is 190 g/mol. The molecule has 0 unspecified atom stereocenters. The van der Waals surface area contributed by atoms with E-state index in [1.807, 2.05) is 18.4 Å². The fourth-order valence-corrected chi connectivity index (χ4v) is 2.65. The van der Waals surface area contributed by atoms with Gasteiger partial charge in [-0.3, -0.25) is 0 Å². The van der Waals surface area contributed by atoms with Gasteiger partial charge >= 0.3 is 0 Å². The van der Waals surface area contributed by atoms with E-state index in [4.69, 9.17) is 0 Å². The van der Waals surface area contributed by atoms with Crippen LogP contribution in [-0.2, 0) is 0 Å². The lowest BCUT2D eigenvalue weighted by molar-refractivity contribution is 0.664. The second-order valence-electron chi connectivity index (χ2n) is 3.70. The van der Waals surface area contributed by atoms with Crippen molar-refractivity contribution in [3.8, 4) is 0 Å². The zero-order valence-electron chi connectivity index (χ0n) is 8.79. The number of benzene rings is 1. The van der Waals surface area contributed by atoms with Gasteiger partial charge in [-0.05, 0) is 38.4 Å². The van der Waals surface area contributed by atoms with E-state index in [0.29, 0.717) is 6.04 Å². The van der Waals surface area contributed by atoms with Crippen molar-refractivity contribution >= 4 is 21.4 Å². The standard InChI is InChI=1S/C12H15NS/c1-8-4-5-11-10(6-8)7-12(14-11)9(2)13-3/h4-7,9,13H,1-3H3/t9-/m1/s1. The van der Waals surface area contributed by atoms with E-state index < -0.39 is 0 Å². The second-order valence-corrected chi connectivity index (χ2v) is 4.82. The molecule has 1 nitrogen and oxygen atoms in total. The minimum absolute atomic E-state index is 0.452. The van der Waals surface area contributed by atoms with E-state index >= 15 is 0 Å². The molecule has 0 saturated heterocycles. The summed E-state index contributed by atoms with van der Waals surface area (Å²) in [4.78, 5) is 1.41. The van der Waals surface area contributed by atoms with Crippen LogP contribution in [0.1, 0.15) is 23.4 Å². The number of hydrogen-bond donors (Lipinski definition) is 1. The molecule has 2 rings (SSSR count). The number of aryl methyl sites for hydroxylation is 1. The van der Waals surface area contributed by atoms with Gasteiger partial charge in [0.2, 0.25) is 0 Å². The summed E-state index contributed by atoms with van der Waals surface area (Å²) >= 11 is 1.88. The highest BCUT2D eigenvalue weighted by molar-refractivity contribution is 7.19. The summed E-state index contributed by atoms with van der Waals surface area (Å²) in [6.07, 6.45) is 0. The molecule has 0 aliphatic rings. The molecule has 0 fully saturated rings. The molecule has 1 atom stereocenters. The number of nitrogens with one attached hydrogen (secondary N) is 1. The monoisotopic (exact) mass is 205 g/mol. The maximum atomic E-state index is 3.27. The summed E-state index contributed by atoms with van der Waals surface area (Å²) in [5.41, 5.74) is 1.33. The highest BCUT2D eigenvalue weighted by Gasteiger charge is 2.06. The first-order valence-electron chi connectivity index (χ1n) is 4.88. The normalized spacial score (nSPS) is 13.4. The van der Waals surface area contributed by atoms with Gasteiger partial charge in [-0.1, -0.05) is 17.7 Å². The van der Waals surface area contributed by atoms with E-state index in [2.05, 4.69) is 43.4 Å². The van der Waals surface area contributed by atoms with E-state index in [9.17, 15) is 0 Å². The van der Waals surface area contributed by atoms with Crippen molar-refractivity contribution in [3.63, 3.8) is 0 Å². The van der Waals surface area contributed by atoms with Crippen LogP contribution in [0.25, 0.3) is 10.1 Å². The Labute approximate surface area is 88.8 Å². The van der Waals surface area contributed by atoms with Crippen LogP contribution in [0.4, 0.5) is 0 Å². The van der Waals surface area contributed by atoms with Crippen LogP contribution in [0, 0.1) is 6.92 Å². The van der Waals surface area contributed by atoms with Gasteiger partial charge in [-0.25, -0.2) is 0 Å². The Morgan fingerprint density at radius 3 is 2.79 bits per heavy atom. The Morgan fingerprint density at radius 1 is 1.29 bits per heavy atom. The molecule has 2 heteroatoms. The van der Waals surface area contributed by atoms with Crippen LogP contribution in [0.3, 0.4) is 0 Å². The first kappa shape index (κ1) is 9.69. The van der Waals surface area contributed by atoms with Crippen LogP contribution in [0.5, 0.6) is 0 Å². The van der Waals surface area contributed by atoms with Gasteiger partial charge in [-0.15, -0.1) is 11.3 Å². The Balaban J connectivity index is 2.51. The summed E-state index contributed by atoms with van der Waals surface area (Å²) in [5, 5.41) is 4.63. The van der Waals surface area contributed by atoms with Crippen molar-refractivity contribution in [2.45, 2.75) is 19.9 Å². The molecule has 2 aromatic rings. The van der Waals surface area contributed by atoms with Gasteiger partial charge < -0.3 is 5.32 Å². The van der Waals surface area contributed by atoms with E-state index in [1.165, 1.54) is 20.5 Å². The number of thiophene rings is 1. The molecule has 0 aliphatic carbocycles. The number of fused-ring (bicyclic) bond motifs is 1. The molecule has 1 aromatic heterocycles. The minimum Gasteiger partial charge on any atom is -0.313 e. The van der Waals surface area contributed by atoms with Crippen LogP contribution in [0.15, 0.2) is 24.3 Å². The van der Waals surface area contributed by atoms with Crippen molar-refractivity contribution < 1.29 is 0 Å². The third kappa shape index (κ3) is 1.68. The van der Waals surface area contributed by atoms with Gasteiger partial charge in [-0.2, -0.15) is 0 Å². The third-order valence-electron chi connectivity index (χ3n) is 2.55. The van der Waals surface area contributed by atoms with Crippen molar-refractivity contribution in [1.29, 1.82) is 0 Å². The zero-order chi connectivity index (χ0) is 10.1. The molecule has 1 N–H and O–H groups in total. The minimum atomic E-state index is 0.452. The molecule has 0 bridgehead atoms. The van der Waals surface area contributed by atoms with E-state index in [1.54, 1.807) is 0 Å². The molecule has 14 heavy (non-hydrogen) atoms. The summed E-state index contributed by atoms with van der Waals surface area (Å²) in [7, 11) is 2.00. The molecule has 1 aromatic carbocycles. The van der Waals surface area contributed by atoms with Crippen molar-refractivity contribution in [3.05, 3.63) is 34.7 Å². The fraction of sp³-hybridized carbons (Fsp3) is 0.333. The first-order chi connectivity index (χ1) is 6.70. The molecule has 0 saturated carbocycles. The van der Waals surface area contributed by atoms with Gasteiger partial charge in [0.25, 0.3) is 0 Å². The third-order valence-corrected chi connectivity index (χ3v) is 3.85. The van der Waals surface area contributed by atoms with Crippen molar-refractivity contribution in [2.24, 2.45) is 0 Å². The maximum absolute atomic E-state index is 3.27. The maximum Gasteiger partial charge on any atom is 0.0384 e. The fourth-order valence-electron chi connectivity index (χ4n) is 1.54. The second kappa shape index (κ2) is 3.71. The topological polar surface area (TPSA) is 12.0 Å². The Kier molecular flexibility index (Phi) is 2.57.